The Labute approximate surface area is 159 Å². The third kappa shape index (κ3) is 5.63. The van der Waals surface area contributed by atoms with Crippen molar-refractivity contribution in [3.8, 4) is 5.75 Å². The van der Waals surface area contributed by atoms with E-state index in [1.807, 2.05) is 6.92 Å². The number of nitro benzene ring substituents is 1. The molecule has 0 saturated heterocycles. The summed E-state index contributed by atoms with van der Waals surface area (Å²) in [5.41, 5.74) is 0.744. The summed E-state index contributed by atoms with van der Waals surface area (Å²) in [7, 11) is -4.47. The van der Waals surface area contributed by atoms with Gasteiger partial charge in [0.25, 0.3) is 5.69 Å². The molecule has 1 unspecified atom stereocenters. The lowest BCUT2D eigenvalue weighted by Crippen LogP contribution is -2.34. The Balaban J connectivity index is 2.26. The second-order valence-electron chi connectivity index (χ2n) is 5.77. The minimum Gasteiger partial charge on any atom is -0.480 e. The van der Waals surface area contributed by atoms with E-state index in [4.69, 9.17) is 14.2 Å². The van der Waals surface area contributed by atoms with E-state index in [1.165, 1.54) is 19.1 Å². The van der Waals surface area contributed by atoms with Crippen molar-refractivity contribution in [3.63, 3.8) is 0 Å². The van der Waals surface area contributed by atoms with Gasteiger partial charge in [-0.2, -0.15) is 5.09 Å². The van der Waals surface area contributed by atoms with Crippen LogP contribution in [0.25, 0.3) is 0 Å². The second kappa shape index (κ2) is 8.64. The molecule has 0 aliphatic heterocycles. The predicted molar refractivity (Wildman–Crippen MR) is 98.2 cm³/mol. The van der Waals surface area contributed by atoms with Gasteiger partial charge in [-0.1, -0.05) is 17.7 Å². The smallest absolute Gasteiger partial charge is 0.480 e. The van der Waals surface area contributed by atoms with E-state index in [9.17, 15) is 24.3 Å². The van der Waals surface area contributed by atoms with Gasteiger partial charge in [0.15, 0.2) is 0 Å². The van der Waals surface area contributed by atoms with Gasteiger partial charge in [-0.15, -0.1) is 0 Å². The van der Waals surface area contributed by atoms with Gasteiger partial charge in [0.05, 0.1) is 10.5 Å². The number of aryl methyl sites for hydroxylation is 1. The Morgan fingerprint density at radius 3 is 2.21 bits per heavy atom. The van der Waals surface area contributed by atoms with E-state index in [0.717, 1.165) is 29.8 Å². The van der Waals surface area contributed by atoms with Gasteiger partial charge < -0.3 is 14.2 Å². The molecule has 0 aliphatic rings. The first kappa shape index (κ1) is 21.1. The summed E-state index contributed by atoms with van der Waals surface area (Å²) in [5, 5.41) is 21.9. The van der Waals surface area contributed by atoms with Crippen LogP contribution in [0.1, 0.15) is 22.8 Å². The summed E-state index contributed by atoms with van der Waals surface area (Å²) in [6, 6.07) is 9.33. The first-order chi connectivity index (χ1) is 13.1. The summed E-state index contributed by atoms with van der Waals surface area (Å²) in [6.07, 6.45) is 0. The minimum atomic E-state index is -4.47. The number of carboxylic acids is 1. The van der Waals surface area contributed by atoms with Gasteiger partial charge in [-0.05, 0) is 38.1 Å². The standard InChI is InChI=1S/C17H17N2O8P/c1-11-3-5-13(6-4-11)17(22)27-28(25,18-12(2)16(20)21)26-15-9-7-14(8-10-15)19(23)24/h3-10,12H,1-2H3,(H,18,25)(H,20,21)/t12-,28?/m0/s1. The Morgan fingerprint density at radius 1 is 1.14 bits per heavy atom. The molecule has 0 fully saturated rings. The van der Waals surface area contributed by atoms with Crippen LogP contribution < -0.4 is 9.61 Å². The molecule has 0 radical (unpaired) electrons. The highest BCUT2D eigenvalue weighted by atomic mass is 31.2. The fourth-order valence-electron chi connectivity index (χ4n) is 1.98. The highest BCUT2D eigenvalue weighted by molar-refractivity contribution is 7.52. The van der Waals surface area contributed by atoms with Crippen LogP contribution >= 0.6 is 7.75 Å². The fraction of sp³-hybridized carbons (Fsp3) is 0.176. The van der Waals surface area contributed by atoms with Crippen LogP contribution in [-0.2, 0) is 13.9 Å². The maximum Gasteiger partial charge on any atom is 0.516 e. The predicted octanol–water partition coefficient (Wildman–Crippen LogP) is 3.31. The Kier molecular flexibility index (Phi) is 6.50. The van der Waals surface area contributed by atoms with Gasteiger partial charge in [0.2, 0.25) is 0 Å². The average molecular weight is 408 g/mol. The Hall–Kier alpha value is -3.23. The van der Waals surface area contributed by atoms with Gasteiger partial charge >= 0.3 is 19.7 Å². The van der Waals surface area contributed by atoms with Crippen molar-refractivity contribution in [3.05, 3.63) is 69.8 Å². The molecule has 11 heteroatoms. The first-order valence-electron chi connectivity index (χ1n) is 7.95. The largest absolute Gasteiger partial charge is 0.516 e. The van der Waals surface area contributed by atoms with E-state index >= 15 is 0 Å². The van der Waals surface area contributed by atoms with E-state index in [-0.39, 0.29) is 17.0 Å². The fourth-order valence-corrected chi connectivity index (χ4v) is 3.43. The van der Waals surface area contributed by atoms with E-state index < -0.39 is 30.7 Å². The van der Waals surface area contributed by atoms with Crippen LogP contribution in [0.5, 0.6) is 5.75 Å². The van der Waals surface area contributed by atoms with Crippen molar-refractivity contribution in [1.82, 2.24) is 5.09 Å². The average Bonchev–Trinajstić information content (AvgIpc) is 2.62. The van der Waals surface area contributed by atoms with Crippen molar-refractivity contribution >= 4 is 25.4 Å². The number of benzene rings is 2. The molecule has 2 aromatic rings. The molecule has 0 amide bonds. The minimum absolute atomic E-state index is 0.0860. The topological polar surface area (TPSA) is 145 Å². The summed E-state index contributed by atoms with van der Waals surface area (Å²) in [4.78, 5) is 33.5. The molecule has 0 heterocycles. The lowest BCUT2D eigenvalue weighted by Gasteiger charge is -2.21. The summed E-state index contributed by atoms with van der Waals surface area (Å²) in [5.74, 6) is -2.45. The number of hydrogen-bond acceptors (Lipinski definition) is 7. The number of aliphatic carboxylic acids is 1. The van der Waals surface area contributed by atoms with Gasteiger partial charge in [0.1, 0.15) is 11.8 Å². The molecular formula is C17H17N2O8P. The maximum atomic E-state index is 13.0. The van der Waals surface area contributed by atoms with Crippen molar-refractivity contribution in [2.45, 2.75) is 19.9 Å². The zero-order valence-electron chi connectivity index (χ0n) is 14.9. The molecule has 0 aromatic heterocycles. The van der Waals surface area contributed by atoms with Crippen molar-refractivity contribution in [1.29, 1.82) is 0 Å². The van der Waals surface area contributed by atoms with Gasteiger partial charge in [0, 0.05) is 12.1 Å². The molecule has 148 valence electrons. The molecule has 10 nitrogen and oxygen atoms in total. The Bertz CT molecular complexity index is 927. The van der Waals surface area contributed by atoms with Crippen molar-refractivity contribution < 1.29 is 33.2 Å². The number of carbonyl (C=O) groups excluding carboxylic acids is 1. The number of non-ortho nitro benzene ring substituents is 1. The molecular weight excluding hydrogens is 391 g/mol. The molecule has 2 aromatic carbocycles. The quantitative estimate of drug-likeness (QED) is 0.381. The third-order valence-corrected chi connectivity index (χ3v) is 5.05. The lowest BCUT2D eigenvalue weighted by molar-refractivity contribution is -0.384. The second-order valence-corrected chi connectivity index (χ2v) is 7.39. The normalized spacial score (nSPS) is 13.8. The molecule has 2 N–H and O–H groups in total. The van der Waals surface area contributed by atoms with Gasteiger partial charge in [-0.3, -0.25) is 14.9 Å². The molecule has 0 saturated carbocycles. The van der Waals surface area contributed by atoms with E-state index in [2.05, 4.69) is 5.09 Å². The van der Waals surface area contributed by atoms with Crippen LogP contribution in [0.4, 0.5) is 5.69 Å². The number of nitrogens with one attached hydrogen (secondary N) is 1. The third-order valence-electron chi connectivity index (χ3n) is 3.49. The highest BCUT2D eigenvalue weighted by Gasteiger charge is 2.35. The van der Waals surface area contributed by atoms with Gasteiger partial charge in [-0.25, -0.2) is 9.36 Å². The summed E-state index contributed by atoms with van der Waals surface area (Å²) >= 11 is 0. The monoisotopic (exact) mass is 408 g/mol. The maximum absolute atomic E-state index is 13.0. The number of hydrogen-bond donors (Lipinski definition) is 2. The molecule has 28 heavy (non-hydrogen) atoms. The molecule has 0 aliphatic carbocycles. The van der Waals surface area contributed by atoms with E-state index in [1.54, 1.807) is 12.1 Å². The number of nitro groups is 1. The number of carbonyl (C=O) groups is 2. The van der Waals surface area contributed by atoms with Crippen LogP contribution in [-0.4, -0.2) is 28.0 Å². The molecule has 0 bridgehead atoms. The Morgan fingerprint density at radius 2 is 1.71 bits per heavy atom. The summed E-state index contributed by atoms with van der Waals surface area (Å²) in [6.45, 7) is 3.00. The van der Waals surface area contributed by atoms with Crippen molar-refractivity contribution in [2.75, 3.05) is 0 Å². The number of rotatable bonds is 8. The summed E-state index contributed by atoms with van der Waals surface area (Å²) < 4.78 is 23.1. The zero-order chi connectivity index (χ0) is 20.9. The molecule has 0 spiro atoms. The van der Waals surface area contributed by atoms with Crippen molar-refractivity contribution in [2.24, 2.45) is 0 Å². The van der Waals surface area contributed by atoms with Crippen LogP contribution in [0.3, 0.4) is 0 Å². The number of carboxylic acid groups (broad SMARTS) is 1. The lowest BCUT2D eigenvalue weighted by atomic mass is 10.2. The van der Waals surface area contributed by atoms with E-state index in [0.29, 0.717) is 0 Å². The van der Waals surface area contributed by atoms with Crippen LogP contribution in [0.15, 0.2) is 48.5 Å². The molecule has 2 rings (SSSR count). The zero-order valence-corrected chi connectivity index (χ0v) is 15.8. The first-order valence-corrected chi connectivity index (χ1v) is 9.49. The van der Waals surface area contributed by atoms with Crippen LogP contribution in [0.2, 0.25) is 0 Å². The SMILES string of the molecule is Cc1ccc(C(=O)OP(=O)(N[C@@H](C)C(=O)O)Oc2ccc([N+](=O)[O-])cc2)cc1. The van der Waals surface area contributed by atoms with Crippen LogP contribution in [0, 0.1) is 17.0 Å². The number of nitrogens with zero attached hydrogens (tertiary/aromatic N) is 1. The highest BCUT2D eigenvalue weighted by Crippen LogP contribution is 2.45. The molecule has 2 atom stereocenters.